The Morgan fingerprint density at radius 3 is 2.89 bits per heavy atom. The predicted molar refractivity (Wildman–Crippen MR) is 80.4 cm³/mol. The molecule has 0 bridgehead atoms. The lowest BCUT2D eigenvalue weighted by Gasteiger charge is -2.27. The molecule has 0 saturated carbocycles. The zero-order valence-corrected chi connectivity index (χ0v) is 12.6. The third-order valence-corrected chi connectivity index (χ3v) is 3.73. The lowest BCUT2D eigenvalue weighted by Crippen LogP contribution is -2.44. The molecule has 0 radical (unpaired) electrons. The summed E-state index contributed by atoms with van der Waals surface area (Å²) in [6.07, 6.45) is 1.000. The van der Waals surface area contributed by atoms with E-state index in [1.807, 2.05) is 24.3 Å². The smallest absolute Gasteiger partial charge is 0.251 e. The topological polar surface area (TPSA) is 44.4 Å². The quantitative estimate of drug-likeness (QED) is 0.806. The number of piperazine rings is 1. The molecule has 1 aromatic rings. The van der Waals surface area contributed by atoms with Crippen LogP contribution in [0.15, 0.2) is 28.7 Å². The van der Waals surface area contributed by atoms with Gasteiger partial charge in [0.1, 0.15) is 0 Å². The van der Waals surface area contributed by atoms with Crippen molar-refractivity contribution < 1.29 is 4.79 Å². The summed E-state index contributed by atoms with van der Waals surface area (Å²) >= 11 is 3.37. The summed E-state index contributed by atoms with van der Waals surface area (Å²) in [6, 6.07) is 7.46. The van der Waals surface area contributed by atoms with Gasteiger partial charge in [-0.05, 0) is 31.2 Å². The highest BCUT2D eigenvalue weighted by molar-refractivity contribution is 9.10. The van der Waals surface area contributed by atoms with E-state index >= 15 is 0 Å². The highest BCUT2D eigenvalue weighted by Gasteiger charge is 2.09. The van der Waals surface area contributed by atoms with Gasteiger partial charge in [-0.2, -0.15) is 0 Å². The maximum atomic E-state index is 11.9. The first-order valence-electron chi connectivity index (χ1n) is 6.72. The molecule has 104 valence electrons. The monoisotopic (exact) mass is 325 g/mol. The van der Waals surface area contributed by atoms with Crippen LogP contribution in [-0.2, 0) is 0 Å². The molecule has 1 saturated heterocycles. The van der Waals surface area contributed by atoms with E-state index in [-0.39, 0.29) is 5.91 Å². The van der Waals surface area contributed by atoms with Crippen LogP contribution < -0.4 is 10.6 Å². The molecule has 19 heavy (non-hydrogen) atoms. The van der Waals surface area contributed by atoms with Crippen molar-refractivity contribution in [3.8, 4) is 0 Å². The molecule has 0 unspecified atom stereocenters. The Labute approximate surface area is 122 Å². The van der Waals surface area contributed by atoms with Crippen LogP contribution >= 0.6 is 15.9 Å². The molecule has 1 aliphatic rings. The van der Waals surface area contributed by atoms with Crippen molar-refractivity contribution in [3.05, 3.63) is 34.3 Å². The molecule has 0 aromatic heterocycles. The van der Waals surface area contributed by atoms with E-state index < -0.39 is 0 Å². The molecule has 0 atom stereocenters. The average molecular weight is 326 g/mol. The van der Waals surface area contributed by atoms with Crippen LogP contribution in [0.5, 0.6) is 0 Å². The number of nitrogens with one attached hydrogen (secondary N) is 2. The highest BCUT2D eigenvalue weighted by Crippen LogP contribution is 2.11. The highest BCUT2D eigenvalue weighted by atomic mass is 79.9. The van der Waals surface area contributed by atoms with Crippen molar-refractivity contribution in [3.63, 3.8) is 0 Å². The molecule has 4 nitrogen and oxygen atoms in total. The zero-order chi connectivity index (χ0) is 13.5. The van der Waals surface area contributed by atoms with Gasteiger partial charge < -0.3 is 15.5 Å². The standard InChI is InChI=1S/C14H20BrN3O/c15-13-4-1-3-12(11-13)14(19)17-5-2-8-18-9-6-16-7-10-18/h1,3-4,11,16H,2,5-10H2,(H,17,19). The van der Waals surface area contributed by atoms with Crippen molar-refractivity contribution in [2.75, 3.05) is 39.3 Å². The second-order valence-corrected chi connectivity index (χ2v) is 5.63. The number of amides is 1. The Balaban J connectivity index is 1.66. The van der Waals surface area contributed by atoms with Crippen LogP contribution in [0.1, 0.15) is 16.8 Å². The van der Waals surface area contributed by atoms with E-state index in [1.54, 1.807) is 0 Å². The van der Waals surface area contributed by atoms with Gasteiger partial charge in [-0.25, -0.2) is 0 Å². The summed E-state index contributed by atoms with van der Waals surface area (Å²) in [6.45, 7) is 6.16. The third kappa shape index (κ3) is 4.93. The number of benzene rings is 1. The Kier molecular flexibility index (Phi) is 5.82. The van der Waals surface area contributed by atoms with E-state index in [0.717, 1.165) is 50.2 Å². The number of rotatable bonds is 5. The molecule has 1 aromatic carbocycles. The van der Waals surface area contributed by atoms with Gasteiger partial charge in [0.2, 0.25) is 0 Å². The second kappa shape index (κ2) is 7.62. The number of hydrogen-bond donors (Lipinski definition) is 2. The molecular weight excluding hydrogens is 306 g/mol. The molecule has 0 spiro atoms. The second-order valence-electron chi connectivity index (χ2n) is 4.71. The van der Waals surface area contributed by atoms with E-state index in [2.05, 4.69) is 31.5 Å². The average Bonchev–Trinajstić information content (AvgIpc) is 2.44. The maximum absolute atomic E-state index is 11.9. The number of halogens is 1. The fourth-order valence-electron chi connectivity index (χ4n) is 2.17. The maximum Gasteiger partial charge on any atom is 0.251 e. The van der Waals surface area contributed by atoms with E-state index in [4.69, 9.17) is 0 Å². The molecule has 1 amide bonds. The normalized spacial score (nSPS) is 16.3. The molecular formula is C14H20BrN3O. The predicted octanol–water partition coefficient (Wildman–Crippen LogP) is 1.47. The van der Waals surface area contributed by atoms with Crippen LogP contribution in [0.25, 0.3) is 0 Å². The van der Waals surface area contributed by atoms with Crippen molar-refractivity contribution in [2.45, 2.75) is 6.42 Å². The Morgan fingerprint density at radius 1 is 1.37 bits per heavy atom. The first-order valence-corrected chi connectivity index (χ1v) is 7.52. The fourth-order valence-corrected chi connectivity index (χ4v) is 2.57. The Bertz CT molecular complexity index is 419. The van der Waals surface area contributed by atoms with Crippen LogP contribution in [0.3, 0.4) is 0 Å². The van der Waals surface area contributed by atoms with Gasteiger partial charge >= 0.3 is 0 Å². The lowest BCUT2D eigenvalue weighted by atomic mass is 10.2. The molecule has 1 fully saturated rings. The number of carbonyl (C=O) groups excluding carboxylic acids is 1. The van der Waals surface area contributed by atoms with E-state index in [0.29, 0.717) is 5.56 Å². The minimum absolute atomic E-state index is 0.00149. The van der Waals surface area contributed by atoms with Gasteiger partial charge in [0, 0.05) is 42.8 Å². The molecule has 1 heterocycles. The fraction of sp³-hybridized carbons (Fsp3) is 0.500. The van der Waals surface area contributed by atoms with Crippen molar-refractivity contribution >= 4 is 21.8 Å². The van der Waals surface area contributed by atoms with Crippen molar-refractivity contribution in [1.29, 1.82) is 0 Å². The van der Waals surface area contributed by atoms with Gasteiger partial charge in [0.25, 0.3) is 5.91 Å². The SMILES string of the molecule is O=C(NCCCN1CCNCC1)c1cccc(Br)c1. The van der Waals surface area contributed by atoms with Crippen LogP contribution in [0, 0.1) is 0 Å². The largest absolute Gasteiger partial charge is 0.352 e. The van der Waals surface area contributed by atoms with Crippen LogP contribution in [0.4, 0.5) is 0 Å². The molecule has 1 aliphatic heterocycles. The number of nitrogens with zero attached hydrogens (tertiary/aromatic N) is 1. The first-order chi connectivity index (χ1) is 9.25. The van der Waals surface area contributed by atoms with Crippen LogP contribution in [-0.4, -0.2) is 50.1 Å². The molecule has 2 N–H and O–H groups in total. The number of hydrogen-bond acceptors (Lipinski definition) is 3. The van der Waals surface area contributed by atoms with E-state index in [9.17, 15) is 4.79 Å². The van der Waals surface area contributed by atoms with Crippen molar-refractivity contribution in [1.82, 2.24) is 15.5 Å². The summed E-state index contributed by atoms with van der Waals surface area (Å²) in [5.74, 6) is 0.00149. The van der Waals surface area contributed by atoms with Gasteiger partial charge in [0.05, 0.1) is 0 Å². The van der Waals surface area contributed by atoms with Gasteiger partial charge in [-0.15, -0.1) is 0 Å². The molecule has 0 aliphatic carbocycles. The Morgan fingerprint density at radius 2 is 2.16 bits per heavy atom. The van der Waals surface area contributed by atoms with Gasteiger partial charge in [-0.3, -0.25) is 4.79 Å². The first kappa shape index (κ1) is 14.5. The third-order valence-electron chi connectivity index (χ3n) is 3.23. The van der Waals surface area contributed by atoms with Crippen molar-refractivity contribution in [2.24, 2.45) is 0 Å². The summed E-state index contributed by atoms with van der Waals surface area (Å²) < 4.78 is 0.931. The summed E-state index contributed by atoms with van der Waals surface area (Å²) in [4.78, 5) is 14.3. The Hall–Kier alpha value is -0.910. The molecule has 2 rings (SSSR count). The molecule has 5 heteroatoms. The van der Waals surface area contributed by atoms with Gasteiger partial charge in [-0.1, -0.05) is 22.0 Å². The summed E-state index contributed by atoms with van der Waals surface area (Å²) in [7, 11) is 0. The van der Waals surface area contributed by atoms with Gasteiger partial charge in [0.15, 0.2) is 0 Å². The zero-order valence-electron chi connectivity index (χ0n) is 11.0. The number of carbonyl (C=O) groups is 1. The summed E-state index contributed by atoms with van der Waals surface area (Å²) in [5, 5.41) is 6.30. The van der Waals surface area contributed by atoms with E-state index in [1.165, 1.54) is 0 Å². The lowest BCUT2D eigenvalue weighted by molar-refractivity contribution is 0.0951. The van der Waals surface area contributed by atoms with Crippen LogP contribution in [0.2, 0.25) is 0 Å². The minimum atomic E-state index is 0.00149. The summed E-state index contributed by atoms with van der Waals surface area (Å²) in [5.41, 5.74) is 0.705. The minimum Gasteiger partial charge on any atom is -0.352 e.